The van der Waals surface area contributed by atoms with Gasteiger partial charge in [0.2, 0.25) is 0 Å². The molecule has 17 heavy (non-hydrogen) atoms. The van der Waals surface area contributed by atoms with E-state index < -0.39 is 0 Å². The van der Waals surface area contributed by atoms with Crippen LogP contribution in [0.25, 0.3) is 10.9 Å². The summed E-state index contributed by atoms with van der Waals surface area (Å²) in [4.78, 5) is 4.56. The Hall–Kier alpha value is -1.03. The van der Waals surface area contributed by atoms with Crippen molar-refractivity contribution in [3.63, 3.8) is 0 Å². The molecule has 0 saturated carbocycles. The molecule has 0 bridgehead atoms. The number of aryl methyl sites for hydroxylation is 1. The van der Waals surface area contributed by atoms with Gasteiger partial charge in [-0.2, -0.15) is 0 Å². The van der Waals surface area contributed by atoms with Gasteiger partial charge in [-0.15, -0.1) is 0 Å². The van der Waals surface area contributed by atoms with E-state index in [1.54, 1.807) is 6.07 Å². The summed E-state index contributed by atoms with van der Waals surface area (Å²) in [6, 6.07) is 3.50. The van der Waals surface area contributed by atoms with E-state index in [2.05, 4.69) is 10.4 Å². The molecule has 0 aliphatic carbocycles. The number of nitrogen functional groups attached to an aromatic ring is 1. The molecule has 0 aliphatic heterocycles. The van der Waals surface area contributed by atoms with Gasteiger partial charge < -0.3 is 5.43 Å². The summed E-state index contributed by atoms with van der Waals surface area (Å²) < 4.78 is 0. The monoisotopic (exact) mass is 269 g/mol. The Balaban J connectivity index is 2.92. The largest absolute Gasteiger partial charge is 0.323 e. The molecule has 1 aromatic heterocycles. The van der Waals surface area contributed by atoms with Crippen molar-refractivity contribution in [2.45, 2.75) is 20.3 Å². The second kappa shape index (κ2) is 4.69. The van der Waals surface area contributed by atoms with Gasteiger partial charge in [-0.3, -0.25) is 10.8 Å². The predicted molar refractivity (Wildman–Crippen MR) is 73.7 cm³/mol. The molecule has 3 nitrogen and oxygen atoms in total. The number of hydrogen-bond donors (Lipinski definition) is 2. The predicted octanol–water partition coefficient (Wildman–Crippen LogP) is 3.70. The number of anilines is 1. The number of benzene rings is 1. The first-order chi connectivity index (χ1) is 8.08. The molecule has 0 radical (unpaired) electrons. The third kappa shape index (κ3) is 2.06. The van der Waals surface area contributed by atoms with Crippen LogP contribution in [0.3, 0.4) is 0 Å². The van der Waals surface area contributed by atoms with Crippen molar-refractivity contribution >= 4 is 39.8 Å². The first-order valence-corrected chi connectivity index (χ1v) is 6.09. The number of aromatic nitrogens is 1. The van der Waals surface area contributed by atoms with E-state index in [1.807, 2.05) is 19.9 Å². The molecule has 0 amide bonds. The van der Waals surface area contributed by atoms with Crippen LogP contribution >= 0.6 is 23.2 Å². The molecule has 1 heterocycles. The minimum absolute atomic E-state index is 0.540. The second-order valence-corrected chi connectivity index (χ2v) is 4.68. The van der Waals surface area contributed by atoms with E-state index in [0.29, 0.717) is 10.0 Å². The van der Waals surface area contributed by atoms with Gasteiger partial charge in [-0.25, -0.2) is 0 Å². The van der Waals surface area contributed by atoms with E-state index in [-0.39, 0.29) is 0 Å². The lowest BCUT2D eigenvalue weighted by Crippen LogP contribution is -2.11. The van der Waals surface area contributed by atoms with E-state index in [0.717, 1.165) is 34.3 Å². The van der Waals surface area contributed by atoms with E-state index in [1.165, 1.54) is 0 Å². The highest BCUT2D eigenvalue weighted by Gasteiger charge is 2.13. The normalized spacial score (nSPS) is 10.9. The fourth-order valence-electron chi connectivity index (χ4n) is 1.97. The van der Waals surface area contributed by atoms with Crippen molar-refractivity contribution < 1.29 is 0 Å². The summed E-state index contributed by atoms with van der Waals surface area (Å²) in [5.74, 6) is 5.58. The maximum atomic E-state index is 6.16. The van der Waals surface area contributed by atoms with Crippen molar-refractivity contribution in [1.29, 1.82) is 0 Å². The summed E-state index contributed by atoms with van der Waals surface area (Å²) >= 11 is 12.2. The van der Waals surface area contributed by atoms with Crippen LogP contribution in [0.2, 0.25) is 10.0 Å². The van der Waals surface area contributed by atoms with Crippen molar-refractivity contribution in [2.24, 2.45) is 5.84 Å². The van der Waals surface area contributed by atoms with Crippen LogP contribution in [0.4, 0.5) is 5.69 Å². The van der Waals surface area contributed by atoms with Gasteiger partial charge in [-0.1, -0.05) is 30.1 Å². The number of pyridine rings is 1. The molecule has 2 aromatic rings. The van der Waals surface area contributed by atoms with Crippen LogP contribution in [-0.4, -0.2) is 4.98 Å². The van der Waals surface area contributed by atoms with Gasteiger partial charge in [0, 0.05) is 16.1 Å². The third-order valence-corrected chi connectivity index (χ3v) is 3.34. The number of nitrogens with two attached hydrogens (primary N) is 1. The van der Waals surface area contributed by atoms with Gasteiger partial charge in [0.25, 0.3) is 0 Å². The highest BCUT2D eigenvalue weighted by molar-refractivity contribution is 6.38. The van der Waals surface area contributed by atoms with Crippen LogP contribution in [0.1, 0.15) is 18.2 Å². The number of halogens is 2. The second-order valence-electron chi connectivity index (χ2n) is 3.84. The molecule has 5 heteroatoms. The number of hydrogen-bond acceptors (Lipinski definition) is 3. The van der Waals surface area contributed by atoms with Crippen LogP contribution in [-0.2, 0) is 6.42 Å². The minimum atomic E-state index is 0.540. The number of rotatable bonds is 2. The van der Waals surface area contributed by atoms with Crippen molar-refractivity contribution in [3.05, 3.63) is 33.4 Å². The standard InChI is InChI=1S/C12H13Cl2N3/c1-3-10-6(2)11(17-15)8-4-7(13)5-9(14)12(8)16-10/h4-5H,3,15H2,1-2H3,(H,16,17). The van der Waals surface area contributed by atoms with Gasteiger partial charge in [0.15, 0.2) is 0 Å². The Morgan fingerprint density at radius 3 is 2.65 bits per heavy atom. The zero-order valence-corrected chi connectivity index (χ0v) is 11.2. The number of nitrogens with zero attached hydrogens (tertiary/aromatic N) is 1. The first kappa shape index (κ1) is 12.4. The maximum Gasteiger partial charge on any atom is 0.0913 e. The lowest BCUT2D eigenvalue weighted by Gasteiger charge is -2.14. The van der Waals surface area contributed by atoms with Crippen LogP contribution in [0, 0.1) is 6.92 Å². The molecule has 1 aromatic carbocycles. The highest BCUT2D eigenvalue weighted by atomic mass is 35.5. The highest BCUT2D eigenvalue weighted by Crippen LogP contribution is 2.34. The molecule has 0 spiro atoms. The van der Waals surface area contributed by atoms with Gasteiger partial charge in [0.05, 0.1) is 16.2 Å². The molecular weight excluding hydrogens is 257 g/mol. The topological polar surface area (TPSA) is 50.9 Å². The smallest absolute Gasteiger partial charge is 0.0913 e. The Labute approximate surface area is 110 Å². The molecule has 2 rings (SSSR count). The molecule has 0 fully saturated rings. The quantitative estimate of drug-likeness (QED) is 0.646. The summed E-state index contributed by atoms with van der Waals surface area (Å²) in [6.45, 7) is 4.03. The van der Waals surface area contributed by atoms with Crippen LogP contribution in [0.5, 0.6) is 0 Å². The summed E-state index contributed by atoms with van der Waals surface area (Å²) in [6.07, 6.45) is 0.829. The lowest BCUT2D eigenvalue weighted by atomic mass is 10.1. The Morgan fingerprint density at radius 2 is 2.06 bits per heavy atom. The van der Waals surface area contributed by atoms with Crippen molar-refractivity contribution in [1.82, 2.24) is 4.98 Å². The van der Waals surface area contributed by atoms with Crippen molar-refractivity contribution in [2.75, 3.05) is 5.43 Å². The average Bonchev–Trinajstić information content (AvgIpc) is 2.28. The van der Waals surface area contributed by atoms with Crippen LogP contribution in [0.15, 0.2) is 12.1 Å². The van der Waals surface area contributed by atoms with Crippen molar-refractivity contribution in [3.8, 4) is 0 Å². The molecule has 90 valence electrons. The van der Waals surface area contributed by atoms with E-state index >= 15 is 0 Å². The molecule has 3 N–H and O–H groups in total. The zero-order valence-electron chi connectivity index (χ0n) is 9.64. The fraction of sp³-hybridized carbons (Fsp3) is 0.250. The number of fused-ring (bicyclic) bond motifs is 1. The molecular formula is C12H13Cl2N3. The summed E-state index contributed by atoms with van der Waals surface area (Å²) in [5.41, 5.74) is 6.28. The Bertz CT molecular complexity index is 582. The minimum Gasteiger partial charge on any atom is -0.323 e. The van der Waals surface area contributed by atoms with E-state index in [9.17, 15) is 0 Å². The fourth-order valence-corrected chi connectivity index (χ4v) is 2.50. The first-order valence-electron chi connectivity index (χ1n) is 5.33. The SMILES string of the molecule is CCc1nc2c(Cl)cc(Cl)cc2c(NN)c1C. The van der Waals surface area contributed by atoms with E-state index in [4.69, 9.17) is 29.0 Å². The number of hydrazine groups is 1. The van der Waals surface area contributed by atoms with Gasteiger partial charge >= 0.3 is 0 Å². The van der Waals surface area contributed by atoms with Gasteiger partial charge in [0.1, 0.15) is 0 Å². The lowest BCUT2D eigenvalue weighted by molar-refractivity contribution is 1.03. The molecule has 0 atom stereocenters. The Kier molecular flexibility index (Phi) is 3.43. The third-order valence-electron chi connectivity index (χ3n) is 2.83. The molecule has 0 aliphatic rings. The van der Waals surface area contributed by atoms with Crippen LogP contribution < -0.4 is 11.3 Å². The zero-order chi connectivity index (χ0) is 12.6. The summed E-state index contributed by atoms with van der Waals surface area (Å²) in [7, 11) is 0. The average molecular weight is 270 g/mol. The summed E-state index contributed by atoms with van der Waals surface area (Å²) in [5, 5.41) is 1.96. The maximum absolute atomic E-state index is 6.16. The number of nitrogens with one attached hydrogen (secondary N) is 1. The molecule has 0 saturated heterocycles. The molecule has 0 unspecified atom stereocenters. The van der Waals surface area contributed by atoms with Gasteiger partial charge in [-0.05, 0) is 31.0 Å². The Morgan fingerprint density at radius 1 is 1.35 bits per heavy atom.